The Morgan fingerprint density at radius 1 is 1.10 bits per heavy atom. The number of hydrogen-bond donors (Lipinski definition) is 0. The molecule has 0 amide bonds. The van der Waals surface area contributed by atoms with Crippen LogP contribution in [-0.2, 0) is 19.1 Å². The monoisotopic (exact) mass is 430 g/mol. The summed E-state index contributed by atoms with van der Waals surface area (Å²) in [5.74, 6) is 0.691. The van der Waals surface area contributed by atoms with E-state index in [4.69, 9.17) is 4.74 Å². The highest BCUT2D eigenvalue weighted by Gasteiger charge is 2.30. The average Bonchev–Trinajstić information content (AvgIpc) is 3.18. The van der Waals surface area contributed by atoms with Crippen molar-refractivity contribution in [3.8, 4) is 5.75 Å². The number of carbonyl (C=O) groups excluding carboxylic acids is 1. The number of imidazole rings is 1. The number of hydrogen-bond acceptors (Lipinski definition) is 3. The molecule has 0 N–H and O–H groups in total. The van der Waals surface area contributed by atoms with Crippen LogP contribution in [0.3, 0.4) is 0 Å². The number of rotatable bonds is 9. The third-order valence-electron chi connectivity index (χ3n) is 4.78. The first-order valence-electron chi connectivity index (χ1n) is 10.2. The van der Waals surface area contributed by atoms with E-state index in [9.17, 15) is 18.0 Å². The summed E-state index contributed by atoms with van der Waals surface area (Å²) in [6.45, 7) is 4.58. The molecule has 31 heavy (non-hydrogen) atoms. The Balaban J connectivity index is 1.57. The van der Waals surface area contributed by atoms with E-state index in [2.05, 4.69) is 11.1 Å². The molecule has 7 heteroatoms. The fraction of sp³-hybridized carbons (Fsp3) is 0.333. The van der Waals surface area contributed by atoms with Crippen LogP contribution in [0.15, 0.2) is 60.9 Å². The fourth-order valence-corrected chi connectivity index (χ4v) is 3.30. The van der Waals surface area contributed by atoms with Crippen molar-refractivity contribution >= 4 is 5.78 Å². The summed E-state index contributed by atoms with van der Waals surface area (Å²) in [5, 5.41) is 0. The maximum absolute atomic E-state index is 12.7. The Labute approximate surface area is 179 Å². The van der Waals surface area contributed by atoms with Gasteiger partial charge in [0.2, 0.25) is 5.78 Å². The lowest BCUT2D eigenvalue weighted by molar-refractivity contribution is -0.137. The average molecular weight is 430 g/mol. The van der Waals surface area contributed by atoms with Gasteiger partial charge in [0.1, 0.15) is 5.75 Å². The highest BCUT2D eigenvalue weighted by atomic mass is 19.4. The molecule has 0 aliphatic rings. The largest absolute Gasteiger partial charge is 0.491 e. The quantitative estimate of drug-likeness (QED) is 0.312. The normalized spacial score (nSPS) is 11.7. The number of aromatic nitrogens is 2. The van der Waals surface area contributed by atoms with Gasteiger partial charge < -0.3 is 9.30 Å². The Morgan fingerprint density at radius 3 is 2.52 bits per heavy atom. The molecule has 0 bridgehead atoms. The van der Waals surface area contributed by atoms with E-state index in [0.717, 1.165) is 37.1 Å². The molecule has 164 valence electrons. The predicted molar refractivity (Wildman–Crippen MR) is 112 cm³/mol. The van der Waals surface area contributed by atoms with Crippen LogP contribution in [0, 0.1) is 0 Å². The van der Waals surface area contributed by atoms with Gasteiger partial charge in [0.25, 0.3) is 0 Å². The van der Waals surface area contributed by atoms with Gasteiger partial charge in [-0.3, -0.25) is 4.79 Å². The van der Waals surface area contributed by atoms with Gasteiger partial charge in [-0.1, -0.05) is 24.3 Å². The lowest BCUT2D eigenvalue weighted by Crippen LogP contribution is -2.12. The second kappa shape index (κ2) is 9.81. The van der Waals surface area contributed by atoms with Gasteiger partial charge in [0, 0.05) is 24.5 Å². The van der Waals surface area contributed by atoms with Crippen molar-refractivity contribution < 1.29 is 22.7 Å². The highest BCUT2D eigenvalue weighted by molar-refractivity contribution is 6.06. The number of nitrogens with zero attached hydrogens (tertiary/aromatic N) is 2. The van der Waals surface area contributed by atoms with Gasteiger partial charge in [-0.2, -0.15) is 13.2 Å². The molecule has 1 aromatic heterocycles. The standard InChI is InChI=1S/C24H25F3N2O2/c1-17(2)31-21-8-5-7-18(16-21)6-3-4-14-29-15-13-28-23(29)22(30)19-9-11-20(12-10-19)24(25,26)27/h5,7-13,15-17H,3-4,6,14H2,1-2H3. The van der Waals surface area contributed by atoms with Gasteiger partial charge in [-0.25, -0.2) is 4.98 Å². The number of alkyl halides is 3. The lowest BCUT2D eigenvalue weighted by atomic mass is 10.1. The maximum Gasteiger partial charge on any atom is 0.416 e. The zero-order chi connectivity index (χ0) is 22.4. The Hall–Kier alpha value is -3.09. The van der Waals surface area contributed by atoms with Crippen LogP contribution in [0.25, 0.3) is 0 Å². The number of halogens is 3. The van der Waals surface area contributed by atoms with E-state index < -0.39 is 17.5 Å². The molecule has 0 unspecified atom stereocenters. The highest BCUT2D eigenvalue weighted by Crippen LogP contribution is 2.29. The van der Waals surface area contributed by atoms with E-state index in [1.165, 1.54) is 23.9 Å². The first-order chi connectivity index (χ1) is 14.7. The van der Waals surface area contributed by atoms with Gasteiger partial charge in [0.15, 0.2) is 5.82 Å². The zero-order valence-corrected chi connectivity index (χ0v) is 17.5. The molecule has 0 saturated heterocycles. The Kier molecular flexibility index (Phi) is 7.15. The van der Waals surface area contributed by atoms with Crippen LogP contribution in [0.5, 0.6) is 5.75 Å². The van der Waals surface area contributed by atoms with Gasteiger partial charge in [-0.05, 0) is 62.9 Å². The molecule has 1 heterocycles. The molecule has 3 aromatic rings. The molecule has 0 radical (unpaired) electrons. The summed E-state index contributed by atoms with van der Waals surface area (Å²) in [6.07, 6.45) is 1.57. The SMILES string of the molecule is CC(C)Oc1cccc(CCCCn2ccnc2C(=O)c2ccc(C(F)(F)F)cc2)c1. The van der Waals surface area contributed by atoms with Crippen molar-refractivity contribution in [1.82, 2.24) is 9.55 Å². The molecule has 0 saturated carbocycles. The number of unbranched alkanes of at least 4 members (excludes halogenated alkanes) is 1. The van der Waals surface area contributed by atoms with Crippen molar-refractivity contribution in [2.75, 3.05) is 0 Å². The van der Waals surface area contributed by atoms with Crippen LogP contribution >= 0.6 is 0 Å². The van der Waals surface area contributed by atoms with Gasteiger partial charge in [-0.15, -0.1) is 0 Å². The van der Waals surface area contributed by atoms with Gasteiger partial charge in [0.05, 0.1) is 11.7 Å². The Bertz CT molecular complexity index is 1010. The molecular weight excluding hydrogens is 405 g/mol. The molecule has 0 aliphatic carbocycles. The van der Waals surface area contributed by atoms with E-state index in [1.54, 1.807) is 10.8 Å². The summed E-state index contributed by atoms with van der Waals surface area (Å²) < 4.78 is 45.6. The van der Waals surface area contributed by atoms with E-state index in [0.29, 0.717) is 6.54 Å². The zero-order valence-electron chi connectivity index (χ0n) is 17.5. The van der Waals surface area contributed by atoms with E-state index in [-0.39, 0.29) is 17.5 Å². The maximum atomic E-state index is 12.7. The minimum atomic E-state index is -4.43. The second-order valence-electron chi connectivity index (χ2n) is 7.62. The molecule has 3 rings (SSSR count). The molecule has 2 aromatic carbocycles. The molecule has 0 atom stereocenters. The fourth-order valence-electron chi connectivity index (χ4n) is 3.30. The number of carbonyl (C=O) groups is 1. The molecule has 0 fully saturated rings. The summed E-state index contributed by atoms with van der Waals surface area (Å²) in [4.78, 5) is 16.8. The number of ketones is 1. The summed E-state index contributed by atoms with van der Waals surface area (Å²) >= 11 is 0. The lowest BCUT2D eigenvalue weighted by Gasteiger charge is -2.11. The molecule has 4 nitrogen and oxygen atoms in total. The van der Waals surface area contributed by atoms with Crippen LogP contribution < -0.4 is 4.74 Å². The second-order valence-corrected chi connectivity index (χ2v) is 7.62. The molecule has 0 aliphatic heterocycles. The van der Waals surface area contributed by atoms with E-state index >= 15 is 0 Å². The third kappa shape index (κ3) is 6.20. The van der Waals surface area contributed by atoms with Crippen LogP contribution in [0.4, 0.5) is 13.2 Å². The Morgan fingerprint density at radius 2 is 1.84 bits per heavy atom. The van der Waals surface area contributed by atoms with Crippen LogP contribution in [-0.4, -0.2) is 21.4 Å². The van der Waals surface area contributed by atoms with Crippen LogP contribution in [0.2, 0.25) is 0 Å². The molecule has 0 spiro atoms. The first-order valence-corrected chi connectivity index (χ1v) is 10.2. The van der Waals surface area contributed by atoms with E-state index in [1.807, 2.05) is 32.0 Å². The molecular formula is C24H25F3N2O2. The third-order valence-corrected chi connectivity index (χ3v) is 4.78. The summed E-state index contributed by atoms with van der Waals surface area (Å²) in [5.41, 5.74) is 0.586. The smallest absolute Gasteiger partial charge is 0.416 e. The first kappa shape index (κ1) is 22.6. The van der Waals surface area contributed by atoms with Crippen molar-refractivity contribution in [2.24, 2.45) is 0 Å². The minimum absolute atomic E-state index is 0.122. The summed E-state index contributed by atoms with van der Waals surface area (Å²) in [7, 11) is 0. The van der Waals surface area contributed by atoms with Gasteiger partial charge >= 0.3 is 6.18 Å². The number of ether oxygens (including phenoxy) is 1. The van der Waals surface area contributed by atoms with Crippen molar-refractivity contribution in [1.29, 1.82) is 0 Å². The van der Waals surface area contributed by atoms with Crippen molar-refractivity contribution in [3.05, 3.63) is 83.4 Å². The number of aryl methyl sites for hydroxylation is 2. The topological polar surface area (TPSA) is 44.1 Å². The predicted octanol–water partition coefficient (Wildman–Crippen LogP) is 5.94. The van der Waals surface area contributed by atoms with Crippen molar-refractivity contribution in [3.63, 3.8) is 0 Å². The van der Waals surface area contributed by atoms with Crippen LogP contribution in [0.1, 0.15) is 54.0 Å². The van der Waals surface area contributed by atoms with Crippen molar-refractivity contribution in [2.45, 2.75) is 51.9 Å². The summed E-state index contributed by atoms with van der Waals surface area (Å²) in [6, 6.07) is 12.2. The number of benzene rings is 2. The minimum Gasteiger partial charge on any atom is -0.491 e.